The Morgan fingerprint density at radius 2 is 0.717 bits per heavy atom. The van der Waals surface area contributed by atoms with Crippen molar-refractivity contribution in [1.82, 2.24) is 0 Å². The first kappa shape index (κ1) is 28.5. The van der Waals surface area contributed by atoms with Gasteiger partial charge in [0.25, 0.3) is 0 Å². The first-order valence-electron chi connectivity index (χ1n) is 16.6. The highest BCUT2D eigenvalue weighted by Crippen LogP contribution is 2.53. The van der Waals surface area contributed by atoms with Crippen LogP contribution in [0.15, 0.2) is 158 Å². The first-order valence-corrected chi connectivity index (χ1v) is 19.3. The molecule has 0 radical (unpaired) electrons. The van der Waals surface area contributed by atoms with Crippen LogP contribution in [0.3, 0.4) is 0 Å². The molecule has 1 heteroatoms. The maximum atomic E-state index is 2.65. The van der Waals surface area contributed by atoms with Crippen molar-refractivity contribution in [3.05, 3.63) is 191 Å². The Morgan fingerprint density at radius 3 is 1.11 bits per heavy atom. The van der Waals surface area contributed by atoms with Gasteiger partial charge in [0, 0.05) is 0 Å². The molecule has 0 spiro atoms. The molecule has 46 heavy (non-hydrogen) atoms. The summed E-state index contributed by atoms with van der Waals surface area (Å²) < 4.78 is 0. The van der Waals surface area contributed by atoms with Crippen LogP contribution < -0.4 is 0 Å². The van der Waals surface area contributed by atoms with Gasteiger partial charge >= 0.3 is 0 Å². The van der Waals surface area contributed by atoms with Crippen LogP contribution >= 0.6 is 0 Å². The fourth-order valence-electron chi connectivity index (χ4n) is 7.94. The summed E-state index contributed by atoms with van der Waals surface area (Å²) in [5, 5.41) is 3.26. The van der Waals surface area contributed by atoms with Gasteiger partial charge in [0.05, 0.1) is 0 Å². The maximum absolute atomic E-state index is 2.65. The standard InChI is InChI=1S/C45H38Si/c1-3-46(2,44-40-20-12-10-18-38(40)30-42(44)36-26-22-34(23-27-36)32-14-6-4-7-15-32)45-41-21-13-11-19-39(41)31-43(45)37-28-24-35(25-29-37)33-16-8-5-9-17-33/h4-29H,3,30-31H2,1-2H3. The second-order valence-corrected chi connectivity index (χ2v) is 17.3. The third-order valence-electron chi connectivity index (χ3n) is 10.4. The minimum absolute atomic E-state index is 0.995. The highest BCUT2D eigenvalue weighted by Gasteiger charge is 2.44. The zero-order chi connectivity index (χ0) is 31.1. The van der Waals surface area contributed by atoms with Crippen molar-refractivity contribution in [2.45, 2.75) is 32.4 Å². The SMILES string of the molecule is CC[Si](C)(C1=C(c2ccc(-c3ccccc3)cc2)Cc2ccccc21)C1=C(c2ccc(-c3ccccc3)cc2)Cc2ccccc21. The van der Waals surface area contributed by atoms with E-state index in [0.29, 0.717) is 0 Å². The minimum atomic E-state index is -2.25. The molecule has 0 unspecified atom stereocenters. The average Bonchev–Trinajstić information content (AvgIpc) is 3.73. The molecule has 0 amide bonds. The van der Waals surface area contributed by atoms with Crippen LogP contribution in [-0.2, 0) is 12.8 Å². The van der Waals surface area contributed by atoms with Crippen molar-refractivity contribution in [1.29, 1.82) is 0 Å². The number of hydrogen-bond acceptors (Lipinski definition) is 0. The van der Waals surface area contributed by atoms with Gasteiger partial charge in [-0.15, -0.1) is 0 Å². The lowest BCUT2D eigenvalue weighted by atomic mass is 9.99. The van der Waals surface area contributed by atoms with Crippen LogP contribution in [0.2, 0.25) is 12.6 Å². The summed E-state index contributed by atoms with van der Waals surface area (Å²) in [7, 11) is -2.25. The van der Waals surface area contributed by atoms with Crippen molar-refractivity contribution >= 4 is 29.6 Å². The lowest BCUT2D eigenvalue weighted by Gasteiger charge is -2.34. The van der Waals surface area contributed by atoms with E-state index in [-0.39, 0.29) is 0 Å². The number of rotatable bonds is 7. The number of allylic oxidation sites excluding steroid dienone is 2. The molecule has 0 atom stereocenters. The molecule has 2 aliphatic rings. The van der Waals surface area contributed by atoms with Gasteiger partial charge in [-0.25, -0.2) is 0 Å². The first-order chi connectivity index (χ1) is 22.6. The second-order valence-electron chi connectivity index (χ2n) is 12.9. The quantitative estimate of drug-likeness (QED) is 0.159. The van der Waals surface area contributed by atoms with Crippen molar-refractivity contribution in [2.24, 2.45) is 0 Å². The van der Waals surface area contributed by atoms with E-state index in [1.54, 1.807) is 10.4 Å². The van der Waals surface area contributed by atoms with E-state index in [9.17, 15) is 0 Å². The molecule has 6 aromatic carbocycles. The molecular formula is C45H38Si. The third-order valence-corrected chi connectivity index (χ3v) is 15.2. The lowest BCUT2D eigenvalue weighted by Crippen LogP contribution is -2.34. The van der Waals surface area contributed by atoms with Crippen molar-refractivity contribution in [2.75, 3.05) is 0 Å². The topological polar surface area (TPSA) is 0 Å². The molecule has 0 fully saturated rings. The van der Waals surface area contributed by atoms with E-state index in [1.165, 1.54) is 66.8 Å². The molecule has 0 nitrogen and oxygen atoms in total. The summed E-state index contributed by atoms with van der Waals surface area (Å²) in [5.41, 5.74) is 16.7. The Bertz CT molecular complexity index is 1950. The van der Waals surface area contributed by atoms with Gasteiger partial charge in [-0.05, 0) is 90.0 Å². The smallest absolute Gasteiger partial charge is 0.0672 e. The Balaban J connectivity index is 1.31. The van der Waals surface area contributed by atoms with Crippen LogP contribution in [0.4, 0.5) is 0 Å². The molecule has 8 rings (SSSR count). The summed E-state index contributed by atoms with van der Waals surface area (Å²) in [5.74, 6) is 0. The monoisotopic (exact) mass is 606 g/mol. The Labute approximate surface area is 274 Å². The molecule has 0 heterocycles. The van der Waals surface area contributed by atoms with E-state index in [4.69, 9.17) is 0 Å². The minimum Gasteiger partial charge on any atom is -0.0672 e. The van der Waals surface area contributed by atoms with E-state index >= 15 is 0 Å². The molecule has 0 N–H and O–H groups in total. The second kappa shape index (κ2) is 11.7. The molecule has 6 aromatic rings. The fraction of sp³-hybridized carbons (Fsp3) is 0.111. The number of hydrogen-bond donors (Lipinski definition) is 0. The molecule has 0 saturated carbocycles. The Kier molecular flexibility index (Phi) is 7.27. The van der Waals surface area contributed by atoms with Crippen molar-refractivity contribution in [3.8, 4) is 22.3 Å². The number of benzene rings is 6. The molecule has 0 bridgehead atoms. The van der Waals surface area contributed by atoms with Gasteiger partial charge in [0.2, 0.25) is 0 Å². The summed E-state index contributed by atoms with van der Waals surface area (Å²) in [6.07, 6.45) is 1.99. The molecular weight excluding hydrogens is 569 g/mol. The lowest BCUT2D eigenvalue weighted by molar-refractivity contribution is 1.32. The zero-order valence-corrected chi connectivity index (χ0v) is 27.6. The predicted octanol–water partition coefficient (Wildman–Crippen LogP) is 11.8. The third kappa shape index (κ3) is 4.83. The zero-order valence-electron chi connectivity index (χ0n) is 26.6. The highest BCUT2D eigenvalue weighted by molar-refractivity contribution is 7.11. The summed E-state index contributed by atoms with van der Waals surface area (Å²) in [6.45, 7) is 5.10. The van der Waals surface area contributed by atoms with Gasteiger partial charge in [-0.3, -0.25) is 0 Å². The summed E-state index contributed by atoms with van der Waals surface area (Å²) >= 11 is 0. The normalized spacial score (nSPS) is 14.0. The fourth-order valence-corrected chi connectivity index (χ4v) is 12.4. The largest absolute Gasteiger partial charge is 0.117 e. The Morgan fingerprint density at radius 1 is 0.391 bits per heavy atom. The van der Waals surface area contributed by atoms with E-state index in [1.807, 2.05) is 0 Å². The Hall–Kier alpha value is -4.98. The van der Waals surface area contributed by atoms with E-state index < -0.39 is 8.07 Å². The average molecular weight is 607 g/mol. The van der Waals surface area contributed by atoms with Gasteiger partial charge in [0.15, 0.2) is 0 Å². The van der Waals surface area contributed by atoms with Crippen LogP contribution in [0.5, 0.6) is 0 Å². The molecule has 222 valence electrons. The summed E-state index contributed by atoms with van der Waals surface area (Å²) in [4.78, 5) is 0. The predicted molar refractivity (Wildman–Crippen MR) is 200 cm³/mol. The molecule has 2 aliphatic carbocycles. The van der Waals surface area contributed by atoms with Crippen molar-refractivity contribution in [3.63, 3.8) is 0 Å². The van der Waals surface area contributed by atoms with Gasteiger partial charge < -0.3 is 0 Å². The number of fused-ring (bicyclic) bond motifs is 2. The van der Waals surface area contributed by atoms with Crippen LogP contribution in [0, 0.1) is 0 Å². The maximum Gasteiger partial charge on any atom is 0.117 e. The van der Waals surface area contributed by atoms with Crippen LogP contribution in [0.25, 0.3) is 43.8 Å². The van der Waals surface area contributed by atoms with Crippen LogP contribution in [-0.4, -0.2) is 8.07 Å². The highest BCUT2D eigenvalue weighted by atomic mass is 28.3. The van der Waals surface area contributed by atoms with Crippen molar-refractivity contribution < 1.29 is 0 Å². The summed E-state index contributed by atoms with van der Waals surface area (Å²) in [6, 6.07) is 59.7. The molecule has 0 saturated heterocycles. The molecule has 0 aromatic heterocycles. The molecule has 0 aliphatic heterocycles. The van der Waals surface area contributed by atoms with E-state index in [0.717, 1.165) is 18.9 Å². The van der Waals surface area contributed by atoms with Gasteiger partial charge in [-0.2, -0.15) is 0 Å². The van der Waals surface area contributed by atoms with Crippen LogP contribution in [0.1, 0.15) is 40.3 Å². The van der Waals surface area contributed by atoms with Gasteiger partial charge in [-0.1, -0.05) is 177 Å². The van der Waals surface area contributed by atoms with E-state index in [2.05, 4.69) is 171 Å². The van der Waals surface area contributed by atoms with Gasteiger partial charge in [0.1, 0.15) is 8.07 Å².